The highest BCUT2D eigenvalue weighted by molar-refractivity contribution is 6.07. The predicted molar refractivity (Wildman–Crippen MR) is 138 cm³/mol. The highest BCUT2D eigenvalue weighted by Crippen LogP contribution is 2.27. The minimum absolute atomic E-state index is 0.103. The molecule has 0 unspecified atom stereocenters. The fourth-order valence-electron chi connectivity index (χ4n) is 4.79. The zero-order valence-corrected chi connectivity index (χ0v) is 20.1. The molecule has 1 fully saturated rings. The number of carbonyl (C=O) groups is 1. The zero-order valence-electron chi connectivity index (χ0n) is 20.1. The van der Waals surface area contributed by atoms with E-state index in [2.05, 4.69) is 62.1 Å². The maximum Gasteiger partial charge on any atom is 0.254 e. The van der Waals surface area contributed by atoms with E-state index in [9.17, 15) is 4.79 Å². The van der Waals surface area contributed by atoms with Gasteiger partial charge in [0.25, 0.3) is 5.91 Å². The molecule has 0 radical (unpaired) electrons. The number of fused-ring (bicyclic) bond motifs is 1. The molecule has 0 spiro atoms. The molecule has 172 valence electrons. The molecule has 3 aromatic carbocycles. The van der Waals surface area contributed by atoms with Crippen molar-refractivity contribution in [3.63, 3.8) is 0 Å². The Labute approximate surface area is 201 Å². The van der Waals surface area contributed by atoms with E-state index in [1.54, 1.807) is 0 Å². The third-order valence-electron chi connectivity index (χ3n) is 6.74. The average Bonchev–Trinajstić information content (AvgIpc) is 2.88. The monoisotopic (exact) mass is 450 g/mol. The molecule has 1 aromatic heterocycles. The molecule has 0 saturated carbocycles. The lowest BCUT2D eigenvalue weighted by Crippen LogP contribution is -2.49. The fraction of sp³-hybridized carbons (Fsp3) is 0.276. The molecule has 1 saturated heterocycles. The summed E-state index contributed by atoms with van der Waals surface area (Å²) in [4.78, 5) is 27.5. The van der Waals surface area contributed by atoms with E-state index in [0.717, 1.165) is 58.7 Å². The molecule has 2 heterocycles. The minimum atomic E-state index is 0.103. The van der Waals surface area contributed by atoms with Crippen molar-refractivity contribution in [1.29, 1.82) is 0 Å². The molecule has 1 amide bonds. The first kappa shape index (κ1) is 22.1. The van der Waals surface area contributed by atoms with Gasteiger partial charge in [-0.2, -0.15) is 0 Å². The normalized spacial score (nSPS) is 14.0. The summed E-state index contributed by atoms with van der Waals surface area (Å²) < 4.78 is 0. The summed E-state index contributed by atoms with van der Waals surface area (Å²) in [6.45, 7) is 9.17. The molecule has 34 heavy (non-hydrogen) atoms. The largest absolute Gasteiger partial charge is 0.353 e. The molecule has 1 aliphatic rings. The van der Waals surface area contributed by atoms with Crippen molar-refractivity contribution in [1.82, 2.24) is 14.9 Å². The number of hydrogen-bond acceptors (Lipinski definition) is 4. The average molecular weight is 451 g/mol. The predicted octanol–water partition coefficient (Wildman–Crippen LogP) is 5.44. The van der Waals surface area contributed by atoms with Gasteiger partial charge in [0.05, 0.1) is 0 Å². The Hall–Kier alpha value is -3.73. The van der Waals surface area contributed by atoms with Crippen LogP contribution in [0.3, 0.4) is 0 Å². The number of rotatable bonds is 4. The van der Waals surface area contributed by atoms with Crippen LogP contribution in [0.15, 0.2) is 66.7 Å². The summed E-state index contributed by atoms with van der Waals surface area (Å²) in [6.07, 6.45) is 0.879. The zero-order chi connectivity index (χ0) is 23.7. The lowest BCUT2D eigenvalue weighted by Gasteiger charge is -2.36. The maximum atomic E-state index is 13.4. The molecule has 0 N–H and O–H groups in total. The Balaban J connectivity index is 1.39. The maximum absolute atomic E-state index is 13.4. The van der Waals surface area contributed by atoms with E-state index in [1.165, 1.54) is 11.1 Å². The molecule has 5 rings (SSSR count). The second-order valence-corrected chi connectivity index (χ2v) is 8.96. The third kappa shape index (κ3) is 4.14. The summed E-state index contributed by atoms with van der Waals surface area (Å²) in [7, 11) is 0. The highest BCUT2D eigenvalue weighted by Gasteiger charge is 2.26. The Bertz CT molecular complexity index is 1330. The first-order valence-electron chi connectivity index (χ1n) is 12.0. The summed E-state index contributed by atoms with van der Waals surface area (Å²) in [5.74, 6) is 1.87. The fourth-order valence-corrected chi connectivity index (χ4v) is 4.79. The molecule has 4 aromatic rings. The van der Waals surface area contributed by atoms with Gasteiger partial charge < -0.3 is 9.80 Å². The van der Waals surface area contributed by atoms with E-state index in [1.807, 2.05) is 35.2 Å². The van der Waals surface area contributed by atoms with Gasteiger partial charge in [-0.3, -0.25) is 4.79 Å². The van der Waals surface area contributed by atoms with E-state index in [-0.39, 0.29) is 5.91 Å². The number of aryl methyl sites for hydroxylation is 2. The van der Waals surface area contributed by atoms with Crippen LogP contribution in [-0.4, -0.2) is 47.0 Å². The molecule has 5 nitrogen and oxygen atoms in total. The number of nitrogens with zero attached hydrogens (tertiary/aromatic N) is 4. The van der Waals surface area contributed by atoms with Crippen LogP contribution >= 0.6 is 0 Å². The first-order valence-corrected chi connectivity index (χ1v) is 12.0. The number of hydrogen-bond donors (Lipinski definition) is 0. The Morgan fingerprint density at radius 2 is 1.56 bits per heavy atom. The van der Waals surface area contributed by atoms with E-state index >= 15 is 0 Å². The number of piperazine rings is 1. The van der Waals surface area contributed by atoms with Crippen molar-refractivity contribution < 1.29 is 4.79 Å². The van der Waals surface area contributed by atoms with Gasteiger partial charge in [0.1, 0.15) is 5.82 Å². The van der Waals surface area contributed by atoms with Gasteiger partial charge in [0, 0.05) is 48.6 Å². The molecule has 5 heteroatoms. The summed E-state index contributed by atoms with van der Waals surface area (Å²) in [5.41, 5.74) is 5.24. The lowest BCUT2D eigenvalue weighted by molar-refractivity contribution is 0.0748. The first-order chi connectivity index (χ1) is 16.5. The third-order valence-corrected chi connectivity index (χ3v) is 6.74. The quantitative estimate of drug-likeness (QED) is 0.416. The van der Waals surface area contributed by atoms with Crippen LogP contribution in [0.25, 0.3) is 22.2 Å². The SMILES string of the molecule is CCc1c(C)nc(-c2ccc(C)cc2)nc1N1CCN(C(=O)c2cccc3ccccc23)CC1. The van der Waals surface area contributed by atoms with E-state index in [0.29, 0.717) is 13.1 Å². The minimum Gasteiger partial charge on any atom is -0.353 e. The number of amides is 1. The van der Waals surface area contributed by atoms with Crippen LogP contribution in [0, 0.1) is 13.8 Å². The van der Waals surface area contributed by atoms with Crippen molar-refractivity contribution >= 4 is 22.5 Å². The molecule has 0 atom stereocenters. The molecular weight excluding hydrogens is 420 g/mol. The van der Waals surface area contributed by atoms with Crippen LogP contribution in [0.2, 0.25) is 0 Å². The summed E-state index contributed by atoms with van der Waals surface area (Å²) >= 11 is 0. The van der Waals surface area contributed by atoms with Crippen molar-refractivity contribution in [3.05, 3.63) is 89.1 Å². The Kier molecular flexibility index (Phi) is 6.01. The topological polar surface area (TPSA) is 49.3 Å². The second-order valence-electron chi connectivity index (χ2n) is 8.96. The van der Waals surface area contributed by atoms with Crippen LogP contribution in [0.1, 0.15) is 34.1 Å². The van der Waals surface area contributed by atoms with Gasteiger partial charge in [-0.15, -0.1) is 0 Å². The van der Waals surface area contributed by atoms with Crippen molar-refractivity contribution in [2.45, 2.75) is 27.2 Å². The molecule has 1 aliphatic heterocycles. The standard InChI is InChI=1S/C29H30N4O/c1-4-24-21(3)30-27(23-14-12-20(2)13-15-23)31-28(24)32-16-18-33(19-17-32)29(34)26-11-7-9-22-8-5-6-10-25(22)26/h5-15H,4,16-19H2,1-3H3. The van der Waals surface area contributed by atoms with E-state index < -0.39 is 0 Å². The number of anilines is 1. The summed E-state index contributed by atoms with van der Waals surface area (Å²) in [5, 5.41) is 2.11. The summed E-state index contributed by atoms with van der Waals surface area (Å²) in [6, 6.07) is 22.4. The van der Waals surface area contributed by atoms with Crippen molar-refractivity contribution in [2.24, 2.45) is 0 Å². The highest BCUT2D eigenvalue weighted by atomic mass is 16.2. The Morgan fingerprint density at radius 1 is 0.853 bits per heavy atom. The molecule has 0 aliphatic carbocycles. The van der Waals surface area contributed by atoms with Crippen LogP contribution in [0.5, 0.6) is 0 Å². The smallest absolute Gasteiger partial charge is 0.254 e. The van der Waals surface area contributed by atoms with Gasteiger partial charge in [-0.25, -0.2) is 9.97 Å². The Morgan fingerprint density at radius 3 is 2.29 bits per heavy atom. The molecule has 0 bridgehead atoms. The number of benzene rings is 3. The lowest BCUT2D eigenvalue weighted by atomic mass is 10.0. The van der Waals surface area contributed by atoms with Crippen LogP contribution in [0.4, 0.5) is 5.82 Å². The van der Waals surface area contributed by atoms with Gasteiger partial charge in [-0.05, 0) is 37.1 Å². The number of aromatic nitrogens is 2. The van der Waals surface area contributed by atoms with Crippen LogP contribution in [-0.2, 0) is 6.42 Å². The molecular formula is C29H30N4O. The van der Waals surface area contributed by atoms with Gasteiger partial charge in [0.2, 0.25) is 0 Å². The van der Waals surface area contributed by atoms with Gasteiger partial charge in [0.15, 0.2) is 5.82 Å². The van der Waals surface area contributed by atoms with Crippen LogP contribution < -0.4 is 4.90 Å². The van der Waals surface area contributed by atoms with Gasteiger partial charge in [-0.1, -0.05) is 73.2 Å². The van der Waals surface area contributed by atoms with E-state index in [4.69, 9.17) is 9.97 Å². The van der Waals surface area contributed by atoms with Crippen molar-refractivity contribution in [2.75, 3.05) is 31.1 Å². The second kappa shape index (κ2) is 9.26. The number of carbonyl (C=O) groups excluding carboxylic acids is 1. The van der Waals surface area contributed by atoms with Crippen molar-refractivity contribution in [3.8, 4) is 11.4 Å². The van der Waals surface area contributed by atoms with Gasteiger partial charge >= 0.3 is 0 Å².